The van der Waals surface area contributed by atoms with Crippen molar-refractivity contribution in [2.45, 2.75) is 25.8 Å². The van der Waals surface area contributed by atoms with E-state index in [1.807, 2.05) is 0 Å². The molecule has 88 valence electrons. The number of aliphatic carboxylic acids is 1. The molecule has 1 aliphatic heterocycles. The molecule has 0 bridgehead atoms. The predicted octanol–water partition coefficient (Wildman–Crippen LogP) is -0.268. The van der Waals surface area contributed by atoms with Gasteiger partial charge in [0.25, 0.3) is 10.2 Å². The van der Waals surface area contributed by atoms with Crippen molar-refractivity contribution in [1.82, 2.24) is 8.61 Å². The number of rotatable bonds is 4. The van der Waals surface area contributed by atoms with Crippen molar-refractivity contribution in [1.29, 1.82) is 0 Å². The summed E-state index contributed by atoms with van der Waals surface area (Å²) in [5, 5.41) is 8.88. The van der Waals surface area contributed by atoms with Crippen LogP contribution in [0.15, 0.2) is 0 Å². The number of carbonyl (C=O) groups is 1. The lowest BCUT2D eigenvalue weighted by Gasteiger charge is -2.25. The molecule has 0 aromatic heterocycles. The van der Waals surface area contributed by atoms with E-state index >= 15 is 0 Å². The Morgan fingerprint density at radius 3 is 2.67 bits per heavy atom. The molecule has 0 aromatic carbocycles. The molecule has 7 heteroatoms. The molecule has 6 nitrogen and oxygen atoms in total. The quantitative estimate of drug-likeness (QED) is 0.729. The number of nitrogens with zero attached hydrogens (tertiary/aromatic N) is 2. The van der Waals surface area contributed by atoms with Gasteiger partial charge in [0.15, 0.2) is 0 Å². The molecule has 1 aliphatic rings. The molecule has 1 saturated heterocycles. The van der Waals surface area contributed by atoms with Gasteiger partial charge in [-0.1, -0.05) is 6.92 Å². The lowest BCUT2D eigenvalue weighted by Crippen LogP contribution is -2.47. The van der Waals surface area contributed by atoms with Crippen LogP contribution in [0.5, 0.6) is 0 Å². The highest BCUT2D eigenvalue weighted by Crippen LogP contribution is 2.22. The Balaban J connectivity index is 2.92. The van der Waals surface area contributed by atoms with Gasteiger partial charge in [0.2, 0.25) is 0 Å². The van der Waals surface area contributed by atoms with Crippen LogP contribution >= 0.6 is 0 Å². The van der Waals surface area contributed by atoms with Crippen molar-refractivity contribution >= 4 is 16.2 Å². The maximum absolute atomic E-state index is 11.9. The standard InChI is InChI=1S/C8H16N2O4S/c1-3-9(2)15(13,14)10-6-4-5-7(10)8(11)12/h7H,3-6H2,1-2H3,(H,11,12). The van der Waals surface area contributed by atoms with Crippen LogP contribution in [0.25, 0.3) is 0 Å². The first-order valence-corrected chi connectivity index (χ1v) is 6.27. The van der Waals surface area contributed by atoms with E-state index in [4.69, 9.17) is 5.11 Å². The summed E-state index contributed by atoms with van der Waals surface area (Å²) >= 11 is 0. The van der Waals surface area contributed by atoms with Crippen molar-refractivity contribution in [2.24, 2.45) is 0 Å². The van der Waals surface area contributed by atoms with E-state index in [-0.39, 0.29) is 0 Å². The van der Waals surface area contributed by atoms with E-state index in [9.17, 15) is 13.2 Å². The van der Waals surface area contributed by atoms with Crippen LogP contribution in [0.1, 0.15) is 19.8 Å². The average molecular weight is 236 g/mol. The van der Waals surface area contributed by atoms with Crippen LogP contribution in [0.3, 0.4) is 0 Å². The molecule has 0 spiro atoms. The molecule has 0 radical (unpaired) electrons. The van der Waals surface area contributed by atoms with E-state index < -0.39 is 22.2 Å². The maximum atomic E-state index is 11.9. The SMILES string of the molecule is CCN(C)S(=O)(=O)N1CCCC1C(=O)O. The monoisotopic (exact) mass is 236 g/mol. The molecule has 15 heavy (non-hydrogen) atoms. The molecule has 1 N–H and O–H groups in total. The number of hydrogen-bond donors (Lipinski definition) is 1. The number of carboxylic acid groups (broad SMARTS) is 1. The summed E-state index contributed by atoms with van der Waals surface area (Å²) in [6, 6.07) is -0.899. The zero-order valence-corrected chi connectivity index (χ0v) is 9.70. The van der Waals surface area contributed by atoms with Gasteiger partial charge in [0.1, 0.15) is 6.04 Å². The Kier molecular flexibility index (Phi) is 3.69. The Morgan fingerprint density at radius 2 is 2.20 bits per heavy atom. The smallest absolute Gasteiger partial charge is 0.322 e. The largest absolute Gasteiger partial charge is 0.480 e. The molecule has 1 heterocycles. The zero-order valence-electron chi connectivity index (χ0n) is 8.88. The first-order chi connectivity index (χ1) is 6.91. The van der Waals surface area contributed by atoms with E-state index in [1.54, 1.807) is 6.92 Å². The average Bonchev–Trinajstić information content (AvgIpc) is 2.65. The topological polar surface area (TPSA) is 77.9 Å². The van der Waals surface area contributed by atoms with E-state index in [0.717, 1.165) is 8.61 Å². The minimum Gasteiger partial charge on any atom is -0.480 e. The fourth-order valence-electron chi connectivity index (χ4n) is 1.61. The number of carboxylic acids is 1. The highest BCUT2D eigenvalue weighted by atomic mass is 32.2. The summed E-state index contributed by atoms with van der Waals surface area (Å²) in [6.45, 7) is 2.35. The lowest BCUT2D eigenvalue weighted by atomic mass is 10.2. The first kappa shape index (κ1) is 12.4. The molecule has 1 atom stereocenters. The first-order valence-electron chi connectivity index (χ1n) is 4.87. The summed E-state index contributed by atoms with van der Waals surface area (Å²) < 4.78 is 26.0. The maximum Gasteiger partial charge on any atom is 0.322 e. The second kappa shape index (κ2) is 4.46. The van der Waals surface area contributed by atoms with Crippen molar-refractivity contribution < 1.29 is 18.3 Å². The molecule has 0 saturated carbocycles. The van der Waals surface area contributed by atoms with Gasteiger partial charge in [0.05, 0.1) is 0 Å². The van der Waals surface area contributed by atoms with Gasteiger partial charge < -0.3 is 5.11 Å². The fraction of sp³-hybridized carbons (Fsp3) is 0.875. The van der Waals surface area contributed by atoms with Crippen molar-refractivity contribution in [3.05, 3.63) is 0 Å². The Hall–Kier alpha value is -0.660. The Bertz CT molecular complexity index is 341. The summed E-state index contributed by atoms with van der Waals surface area (Å²) in [4.78, 5) is 10.8. The molecule has 0 aromatic rings. The third-order valence-corrected chi connectivity index (χ3v) is 4.70. The normalized spacial score (nSPS) is 23.5. The van der Waals surface area contributed by atoms with Crippen LogP contribution in [0.2, 0.25) is 0 Å². The molecule has 1 rings (SSSR count). The van der Waals surface area contributed by atoms with Crippen molar-refractivity contribution in [3.63, 3.8) is 0 Å². The lowest BCUT2D eigenvalue weighted by molar-refractivity contribution is -0.140. The van der Waals surface area contributed by atoms with Crippen molar-refractivity contribution in [2.75, 3.05) is 20.1 Å². The highest BCUT2D eigenvalue weighted by Gasteiger charge is 2.40. The molecule has 0 aliphatic carbocycles. The van der Waals surface area contributed by atoms with Crippen LogP contribution in [-0.2, 0) is 15.0 Å². The summed E-state index contributed by atoms with van der Waals surface area (Å²) in [5.41, 5.74) is 0. The fourth-order valence-corrected chi connectivity index (χ4v) is 3.17. The van der Waals surface area contributed by atoms with Crippen molar-refractivity contribution in [3.8, 4) is 0 Å². The van der Waals surface area contributed by atoms with Gasteiger partial charge in [-0.15, -0.1) is 0 Å². The van der Waals surface area contributed by atoms with E-state index in [0.29, 0.717) is 25.9 Å². The van der Waals surface area contributed by atoms with Crippen LogP contribution in [0, 0.1) is 0 Å². The van der Waals surface area contributed by atoms with Gasteiger partial charge in [-0.3, -0.25) is 4.79 Å². The van der Waals surface area contributed by atoms with Crippen LogP contribution in [0.4, 0.5) is 0 Å². The molecular weight excluding hydrogens is 220 g/mol. The van der Waals surface area contributed by atoms with Gasteiger partial charge in [-0.2, -0.15) is 17.0 Å². The second-order valence-electron chi connectivity index (χ2n) is 3.53. The van der Waals surface area contributed by atoms with E-state index in [2.05, 4.69) is 0 Å². The third kappa shape index (κ3) is 2.30. The summed E-state index contributed by atoms with van der Waals surface area (Å²) in [5.74, 6) is -1.07. The second-order valence-corrected chi connectivity index (χ2v) is 5.52. The van der Waals surface area contributed by atoms with Crippen LogP contribution in [-0.4, -0.2) is 54.3 Å². The van der Waals surface area contributed by atoms with Gasteiger partial charge in [-0.05, 0) is 12.8 Å². The summed E-state index contributed by atoms with van der Waals surface area (Å²) in [6.07, 6.45) is 1.000. The van der Waals surface area contributed by atoms with Gasteiger partial charge >= 0.3 is 5.97 Å². The van der Waals surface area contributed by atoms with Gasteiger partial charge in [-0.25, -0.2) is 0 Å². The molecule has 1 fully saturated rings. The predicted molar refractivity (Wildman–Crippen MR) is 54.6 cm³/mol. The zero-order chi connectivity index (χ0) is 11.6. The van der Waals surface area contributed by atoms with Crippen LogP contribution < -0.4 is 0 Å². The minimum atomic E-state index is -3.60. The molecule has 1 unspecified atom stereocenters. The Labute approximate surface area is 89.7 Å². The molecular formula is C8H16N2O4S. The number of hydrogen-bond acceptors (Lipinski definition) is 3. The van der Waals surface area contributed by atoms with Gasteiger partial charge in [0, 0.05) is 20.1 Å². The van der Waals surface area contributed by atoms with E-state index in [1.165, 1.54) is 7.05 Å². The molecule has 0 amide bonds. The summed E-state index contributed by atoms with van der Waals surface area (Å²) in [7, 11) is -2.15. The highest BCUT2D eigenvalue weighted by molar-refractivity contribution is 7.86. The minimum absolute atomic E-state index is 0.295. The third-order valence-electron chi connectivity index (χ3n) is 2.62. The Morgan fingerprint density at radius 1 is 1.60 bits per heavy atom.